The van der Waals surface area contributed by atoms with Crippen molar-refractivity contribution >= 4 is 136 Å². The molecule has 0 spiro atoms. The number of nitrogens with zero attached hydrogens (tertiary/aromatic N) is 3. The van der Waals surface area contributed by atoms with E-state index in [9.17, 15) is 0 Å². The van der Waals surface area contributed by atoms with Crippen LogP contribution in [0.15, 0.2) is 222 Å². The SMILES string of the molecule is c1ccc(-n2c3cc4c(cc3c3c5ccc6cccc7ccc(cc32)c5c76)sc2ccccc2n4-c2ccc3c(ccc4cc(N5c6ccccc6Sc6ccccc65)ccc43)c2)cc1. The number of hydrogen-bond donors (Lipinski definition) is 0. The largest absolute Gasteiger partial charge is 0.309 e. The first kappa shape index (κ1) is 35.6. The summed E-state index contributed by atoms with van der Waals surface area (Å²) in [6, 6.07) is 79.1. The summed E-state index contributed by atoms with van der Waals surface area (Å²) in [5, 5.41) is 15.4. The third kappa shape index (κ3) is 5.08. The fraction of sp³-hybridized carbons (Fsp3) is 0. The average Bonchev–Trinajstić information content (AvgIpc) is 3.68. The second kappa shape index (κ2) is 13.3. The fourth-order valence-electron chi connectivity index (χ4n) is 11.0. The molecular weight excluding hydrogens is 827 g/mol. The van der Waals surface area contributed by atoms with Gasteiger partial charge in [0, 0.05) is 37.6 Å². The van der Waals surface area contributed by atoms with E-state index in [1.807, 2.05) is 23.1 Å². The molecule has 0 radical (unpaired) electrons. The van der Waals surface area contributed by atoms with E-state index in [0.717, 1.165) is 11.4 Å². The summed E-state index contributed by atoms with van der Waals surface area (Å²) in [5.41, 5.74) is 10.7. The Kier molecular flexibility index (Phi) is 7.31. The second-order valence-electron chi connectivity index (χ2n) is 17.3. The van der Waals surface area contributed by atoms with Crippen LogP contribution >= 0.6 is 23.1 Å². The Bertz CT molecular complexity index is 4280. The van der Waals surface area contributed by atoms with E-state index in [1.165, 1.54) is 123 Å². The summed E-state index contributed by atoms with van der Waals surface area (Å²) in [5.74, 6) is 0. The quantitative estimate of drug-likeness (QED) is 0.130. The van der Waals surface area contributed by atoms with E-state index in [1.54, 1.807) is 0 Å². The van der Waals surface area contributed by atoms with Crippen molar-refractivity contribution in [1.29, 1.82) is 0 Å². The Labute approximate surface area is 381 Å². The number of benzene rings is 12. The van der Waals surface area contributed by atoms with Crippen LogP contribution in [0, 0.1) is 0 Å². The lowest BCUT2D eigenvalue weighted by Gasteiger charge is -2.33. The van der Waals surface area contributed by atoms with Gasteiger partial charge >= 0.3 is 0 Å². The number of aromatic nitrogens is 2. The maximum Gasteiger partial charge on any atom is 0.0655 e. The minimum atomic E-state index is 1.14. The van der Waals surface area contributed by atoms with E-state index in [2.05, 4.69) is 226 Å². The van der Waals surface area contributed by atoms with Gasteiger partial charge in [-0.15, -0.1) is 11.3 Å². The van der Waals surface area contributed by atoms with Crippen LogP contribution in [0.5, 0.6) is 0 Å². The summed E-state index contributed by atoms with van der Waals surface area (Å²) in [6.07, 6.45) is 0. The van der Waals surface area contributed by atoms with Gasteiger partial charge in [0.25, 0.3) is 0 Å². The van der Waals surface area contributed by atoms with Crippen molar-refractivity contribution in [2.75, 3.05) is 4.90 Å². The lowest BCUT2D eigenvalue weighted by atomic mass is 9.92. The molecule has 2 aromatic heterocycles. The summed E-state index contributed by atoms with van der Waals surface area (Å²) in [7, 11) is 0. The molecule has 3 heterocycles. The van der Waals surface area contributed by atoms with Gasteiger partial charge in [-0.1, -0.05) is 133 Å². The molecule has 0 unspecified atom stereocenters. The Hall–Kier alpha value is -7.83. The first-order chi connectivity index (χ1) is 32.2. The van der Waals surface area contributed by atoms with Crippen molar-refractivity contribution in [1.82, 2.24) is 9.13 Å². The van der Waals surface area contributed by atoms with Crippen LogP contribution in [0.3, 0.4) is 0 Å². The highest BCUT2D eigenvalue weighted by atomic mass is 32.2. The summed E-state index contributed by atoms with van der Waals surface area (Å²) >= 11 is 3.72. The second-order valence-corrected chi connectivity index (χ2v) is 19.5. The molecule has 0 saturated carbocycles. The molecule has 0 bridgehead atoms. The molecule has 1 aliphatic rings. The van der Waals surface area contributed by atoms with Crippen molar-refractivity contribution < 1.29 is 0 Å². The average molecular weight is 862 g/mol. The van der Waals surface area contributed by atoms with Crippen LogP contribution < -0.4 is 4.90 Å². The molecule has 0 aliphatic carbocycles. The van der Waals surface area contributed by atoms with E-state index in [4.69, 9.17) is 0 Å². The van der Waals surface area contributed by atoms with Gasteiger partial charge < -0.3 is 14.0 Å². The Morgan fingerprint density at radius 2 is 0.908 bits per heavy atom. The smallest absolute Gasteiger partial charge is 0.0655 e. The molecule has 0 amide bonds. The molecule has 12 aromatic carbocycles. The van der Waals surface area contributed by atoms with Crippen LogP contribution in [-0.2, 0) is 0 Å². The Morgan fingerprint density at radius 3 is 1.69 bits per heavy atom. The van der Waals surface area contributed by atoms with Crippen LogP contribution in [0.2, 0.25) is 0 Å². The number of fused-ring (bicyclic) bond motifs is 11. The van der Waals surface area contributed by atoms with Crippen LogP contribution in [0.1, 0.15) is 0 Å². The summed E-state index contributed by atoms with van der Waals surface area (Å²) in [4.78, 5) is 4.95. The van der Waals surface area contributed by atoms with Crippen molar-refractivity contribution in [3.8, 4) is 11.4 Å². The van der Waals surface area contributed by atoms with Gasteiger partial charge in [0.15, 0.2) is 0 Å². The Balaban J connectivity index is 0.959. The van der Waals surface area contributed by atoms with Gasteiger partial charge in [-0.3, -0.25) is 0 Å². The molecule has 14 aromatic rings. The van der Waals surface area contributed by atoms with E-state index in [-0.39, 0.29) is 0 Å². The normalized spacial score (nSPS) is 12.8. The highest BCUT2D eigenvalue weighted by Gasteiger charge is 2.25. The fourth-order valence-corrected chi connectivity index (χ4v) is 13.1. The molecule has 5 heteroatoms. The highest BCUT2D eigenvalue weighted by Crippen LogP contribution is 2.52. The summed E-state index contributed by atoms with van der Waals surface area (Å²) in [6.45, 7) is 0. The van der Waals surface area contributed by atoms with Crippen molar-refractivity contribution in [2.45, 2.75) is 9.79 Å². The molecule has 0 saturated heterocycles. The monoisotopic (exact) mass is 861 g/mol. The van der Waals surface area contributed by atoms with Crippen molar-refractivity contribution in [2.24, 2.45) is 0 Å². The van der Waals surface area contributed by atoms with Crippen LogP contribution in [0.4, 0.5) is 17.1 Å². The van der Waals surface area contributed by atoms with Gasteiger partial charge in [-0.05, 0) is 145 Å². The topological polar surface area (TPSA) is 13.1 Å². The predicted octanol–water partition coefficient (Wildman–Crippen LogP) is 17.6. The number of para-hydroxylation sites is 4. The zero-order valence-corrected chi connectivity index (χ0v) is 36.5. The maximum atomic E-state index is 2.49. The molecule has 0 fully saturated rings. The Morgan fingerprint density at radius 1 is 0.292 bits per heavy atom. The van der Waals surface area contributed by atoms with Crippen LogP contribution in [0.25, 0.3) is 107 Å². The molecule has 0 N–H and O–H groups in total. The lowest BCUT2D eigenvalue weighted by molar-refractivity contribution is 1.16. The van der Waals surface area contributed by atoms with Crippen LogP contribution in [-0.4, -0.2) is 9.13 Å². The molecule has 302 valence electrons. The van der Waals surface area contributed by atoms with Gasteiger partial charge in [0.2, 0.25) is 0 Å². The molecule has 15 rings (SSSR count). The lowest BCUT2D eigenvalue weighted by Crippen LogP contribution is -2.14. The first-order valence-electron chi connectivity index (χ1n) is 22.2. The van der Waals surface area contributed by atoms with E-state index in [0.29, 0.717) is 0 Å². The maximum absolute atomic E-state index is 2.49. The standard InChI is InChI=1S/C60H35N3S2/c1-2-13-41(14-3-1)61-51-35-52-57(34-47(51)60-46-28-25-37-12-10-11-36-21-24-40(33-53(60)61)59(46)58(36)37)65-56-20-9-6-17-50(56)63(52)43-27-30-45-39(32-43)23-22-38-31-42(26-29-44(38)45)62-48-15-4-7-18-54(48)64-55-19-8-5-16-49(55)62/h1-35H. The zero-order valence-electron chi connectivity index (χ0n) is 34.9. The third-order valence-electron chi connectivity index (χ3n) is 13.8. The molecule has 1 aliphatic heterocycles. The van der Waals surface area contributed by atoms with Gasteiger partial charge in [0.1, 0.15) is 0 Å². The van der Waals surface area contributed by atoms with Gasteiger partial charge in [-0.25, -0.2) is 0 Å². The minimum Gasteiger partial charge on any atom is -0.309 e. The molecule has 3 nitrogen and oxygen atoms in total. The van der Waals surface area contributed by atoms with E-state index >= 15 is 0 Å². The van der Waals surface area contributed by atoms with Gasteiger partial charge in [-0.2, -0.15) is 0 Å². The number of hydrogen-bond acceptors (Lipinski definition) is 3. The third-order valence-corrected chi connectivity index (χ3v) is 16.0. The zero-order chi connectivity index (χ0) is 42.3. The first-order valence-corrected chi connectivity index (χ1v) is 23.8. The molecular formula is C60H35N3S2. The number of rotatable bonds is 3. The van der Waals surface area contributed by atoms with Gasteiger partial charge in [0.05, 0.1) is 42.8 Å². The van der Waals surface area contributed by atoms with Crippen molar-refractivity contribution in [3.63, 3.8) is 0 Å². The number of anilines is 3. The van der Waals surface area contributed by atoms with E-state index < -0.39 is 0 Å². The molecule has 65 heavy (non-hydrogen) atoms. The highest BCUT2D eigenvalue weighted by molar-refractivity contribution is 7.99. The predicted molar refractivity (Wildman–Crippen MR) is 279 cm³/mol. The minimum absolute atomic E-state index is 1.14. The molecule has 0 atom stereocenters. The van der Waals surface area contributed by atoms with Crippen molar-refractivity contribution in [3.05, 3.63) is 212 Å². The summed E-state index contributed by atoms with van der Waals surface area (Å²) < 4.78 is 7.48.